The number of benzene rings is 1. The van der Waals surface area contributed by atoms with Gasteiger partial charge in [0.15, 0.2) is 0 Å². The maximum Gasteiger partial charge on any atom is 0.0464 e. The predicted octanol–water partition coefficient (Wildman–Crippen LogP) is 4.91. The van der Waals surface area contributed by atoms with Gasteiger partial charge in [-0.15, -0.1) is 0 Å². The summed E-state index contributed by atoms with van der Waals surface area (Å²) in [7, 11) is 0. The number of nitrogens with zero attached hydrogens (tertiary/aromatic N) is 1. The van der Waals surface area contributed by atoms with Gasteiger partial charge >= 0.3 is 0 Å². The Kier molecular flexibility index (Phi) is 4.97. The molecule has 1 N–H and O–H groups in total. The van der Waals surface area contributed by atoms with Crippen LogP contribution in [0, 0.1) is 0 Å². The Morgan fingerprint density at radius 2 is 1.79 bits per heavy atom. The number of rotatable bonds is 4. The van der Waals surface area contributed by atoms with E-state index in [4.69, 9.17) is 11.6 Å². The molecule has 2 atom stereocenters. The highest BCUT2D eigenvalue weighted by molar-refractivity contribution is 9.10. The standard InChI is InChI=1S/C15H16BrClN2/c1-10(12-5-7-18-8-6-12)19-11(2)14-4-3-13(16)9-15(14)17/h3-11,19H,1-2H3/t10-,11?/m1/s1. The Morgan fingerprint density at radius 1 is 1.11 bits per heavy atom. The van der Waals surface area contributed by atoms with Gasteiger partial charge in [0.1, 0.15) is 0 Å². The molecule has 0 aliphatic rings. The van der Waals surface area contributed by atoms with Crippen LogP contribution >= 0.6 is 27.5 Å². The van der Waals surface area contributed by atoms with Gasteiger partial charge in [0.05, 0.1) is 0 Å². The molecule has 100 valence electrons. The van der Waals surface area contributed by atoms with Crippen LogP contribution in [0.15, 0.2) is 47.2 Å². The maximum atomic E-state index is 6.27. The molecule has 0 bridgehead atoms. The molecule has 0 spiro atoms. The number of aromatic nitrogens is 1. The molecule has 0 saturated carbocycles. The van der Waals surface area contributed by atoms with E-state index < -0.39 is 0 Å². The van der Waals surface area contributed by atoms with Gasteiger partial charge in [-0.1, -0.05) is 33.6 Å². The van der Waals surface area contributed by atoms with E-state index in [1.54, 1.807) is 0 Å². The largest absolute Gasteiger partial charge is 0.304 e. The molecular formula is C15H16BrClN2. The summed E-state index contributed by atoms with van der Waals surface area (Å²) in [4.78, 5) is 4.03. The first-order valence-electron chi connectivity index (χ1n) is 6.19. The molecule has 1 heterocycles. The lowest BCUT2D eigenvalue weighted by atomic mass is 10.1. The number of halogens is 2. The quantitative estimate of drug-likeness (QED) is 0.856. The molecule has 1 aromatic carbocycles. The van der Waals surface area contributed by atoms with E-state index >= 15 is 0 Å². The van der Waals surface area contributed by atoms with Crippen molar-refractivity contribution in [1.29, 1.82) is 0 Å². The monoisotopic (exact) mass is 338 g/mol. The number of hydrogen-bond acceptors (Lipinski definition) is 2. The Bertz CT molecular complexity index is 545. The summed E-state index contributed by atoms with van der Waals surface area (Å²) in [5.41, 5.74) is 2.32. The van der Waals surface area contributed by atoms with Crippen LogP contribution in [0.5, 0.6) is 0 Å². The van der Waals surface area contributed by atoms with Gasteiger partial charge in [-0.2, -0.15) is 0 Å². The van der Waals surface area contributed by atoms with Crippen LogP contribution in [0.3, 0.4) is 0 Å². The van der Waals surface area contributed by atoms with E-state index in [1.165, 1.54) is 5.56 Å². The summed E-state index contributed by atoms with van der Waals surface area (Å²) in [5, 5.41) is 4.32. The highest BCUT2D eigenvalue weighted by Crippen LogP contribution is 2.28. The van der Waals surface area contributed by atoms with Crippen LogP contribution in [0.4, 0.5) is 0 Å². The smallest absolute Gasteiger partial charge is 0.0464 e. The third-order valence-electron chi connectivity index (χ3n) is 3.14. The van der Waals surface area contributed by atoms with E-state index in [0.29, 0.717) is 0 Å². The highest BCUT2D eigenvalue weighted by Gasteiger charge is 2.13. The third kappa shape index (κ3) is 3.78. The summed E-state index contributed by atoms with van der Waals surface area (Å²) in [6.45, 7) is 4.26. The fourth-order valence-corrected chi connectivity index (χ4v) is 2.90. The SMILES string of the molecule is CC(N[C@H](C)c1ccncc1)c1ccc(Br)cc1Cl. The van der Waals surface area contributed by atoms with Gasteiger partial charge in [-0.3, -0.25) is 4.98 Å². The molecule has 2 rings (SSSR count). The second kappa shape index (κ2) is 6.51. The van der Waals surface area contributed by atoms with E-state index in [0.717, 1.165) is 15.1 Å². The molecule has 1 aromatic heterocycles. The summed E-state index contributed by atoms with van der Waals surface area (Å²) in [5.74, 6) is 0. The van der Waals surface area contributed by atoms with Crippen LogP contribution < -0.4 is 5.32 Å². The van der Waals surface area contributed by atoms with Crippen LogP contribution in [0.1, 0.15) is 37.1 Å². The summed E-state index contributed by atoms with van der Waals surface area (Å²) in [6.07, 6.45) is 3.62. The number of pyridine rings is 1. The molecule has 0 radical (unpaired) electrons. The van der Waals surface area contributed by atoms with Gasteiger partial charge in [-0.25, -0.2) is 0 Å². The van der Waals surface area contributed by atoms with Crippen molar-refractivity contribution in [2.45, 2.75) is 25.9 Å². The zero-order chi connectivity index (χ0) is 13.8. The number of hydrogen-bond donors (Lipinski definition) is 1. The van der Waals surface area contributed by atoms with Gasteiger partial charge in [0, 0.05) is 34.0 Å². The second-order valence-corrected chi connectivity index (χ2v) is 5.88. The van der Waals surface area contributed by atoms with Crippen molar-refractivity contribution in [3.8, 4) is 0 Å². The number of nitrogens with one attached hydrogen (secondary N) is 1. The minimum absolute atomic E-state index is 0.184. The molecule has 0 saturated heterocycles. The molecule has 4 heteroatoms. The average Bonchev–Trinajstić information content (AvgIpc) is 2.39. The summed E-state index contributed by atoms with van der Waals surface area (Å²) >= 11 is 9.70. The van der Waals surface area contributed by atoms with E-state index in [-0.39, 0.29) is 12.1 Å². The normalized spacial score (nSPS) is 14.1. The average molecular weight is 340 g/mol. The Hall–Kier alpha value is -0.900. The summed E-state index contributed by atoms with van der Waals surface area (Å²) < 4.78 is 0.996. The van der Waals surface area contributed by atoms with Crippen molar-refractivity contribution < 1.29 is 0 Å². The van der Waals surface area contributed by atoms with Crippen molar-refractivity contribution in [2.75, 3.05) is 0 Å². The van der Waals surface area contributed by atoms with Gasteiger partial charge < -0.3 is 5.32 Å². The molecule has 0 fully saturated rings. The molecule has 0 amide bonds. The van der Waals surface area contributed by atoms with Crippen molar-refractivity contribution in [3.63, 3.8) is 0 Å². The molecule has 2 nitrogen and oxygen atoms in total. The fraction of sp³-hybridized carbons (Fsp3) is 0.267. The lowest BCUT2D eigenvalue weighted by Gasteiger charge is -2.21. The van der Waals surface area contributed by atoms with E-state index in [2.05, 4.69) is 40.1 Å². The van der Waals surface area contributed by atoms with Crippen molar-refractivity contribution in [1.82, 2.24) is 10.3 Å². The topological polar surface area (TPSA) is 24.9 Å². The lowest BCUT2D eigenvalue weighted by molar-refractivity contribution is 0.494. The lowest BCUT2D eigenvalue weighted by Crippen LogP contribution is -2.22. The first kappa shape index (κ1) is 14.5. The molecule has 1 unspecified atom stereocenters. The minimum atomic E-state index is 0.184. The Balaban J connectivity index is 2.10. The zero-order valence-electron chi connectivity index (χ0n) is 10.9. The third-order valence-corrected chi connectivity index (χ3v) is 3.96. The summed E-state index contributed by atoms with van der Waals surface area (Å²) in [6, 6.07) is 10.5. The van der Waals surface area contributed by atoms with Crippen LogP contribution in [-0.4, -0.2) is 4.98 Å². The van der Waals surface area contributed by atoms with E-state index in [9.17, 15) is 0 Å². The fourth-order valence-electron chi connectivity index (χ4n) is 2.07. The van der Waals surface area contributed by atoms with Gasteiger partial charge in [0.2, 0.25) is 0 Å². The Morgan fingerprint density at radius 3 is 2.42 bits per heavy atom. The first-order chi connectivity index (χ1) is 9.08. The van der Waals surface area contributed by atoms with Gasteiger partial charge in [0.25, 0.3) is 0 Å². The zero-order valence-corrected chi connectivity index (χ0v) is 13.2. The molecular weight excluding hydrogens is 324 g/mol. The molecule has 19 heavy (non-hydrogen) atoms. The van der Waals surface area contributed by atoms with Crippen LogP contribution in [-0.2, 0) is 0 Å². The predicted molar refractivity (Wildman–Crippen MR) is 83.4 cm³/mol. The first-order valence-corrected chi connectivity index (χ1v) is 7.36. The highest BCUT2D eigenvalue weighted by atomic mass is 79.9. The van der Waals surface area contributed by atoms with E-state index in [1.807, 2.05) is 42.7 Å². The maximum absolute atomic E-state index is 6.27. The molecule has 2 aromatic rings. The minimum Gasteiger partial charge on any atom is -0.304 e. The van der Waals surface area contributed by atoms with Gasteiger partial charge in [-0.05, 0) is 49.2 Å². The Labute approximate surface area is 127 Å². The van der Waals surface area contributed by atoms with Crippen molar-refractivity contribution in [2.24, 2.45) is 0 Å². The second-order valence-electron chi connectivity index (χ2n) is 4.56. The van der Waals surface area contributed by atoms with Crippen molar-refractivity contribution in [3.05, 3.63) is 63.3 Å². The van der Waals surface area contributed by atoms with Crippen LogP contribution in [0.2, 0.25) is 5.02 Å². The van der Waals surface area contributed by atoms with Crippen LogP contribution in [0.25, 0.3) is 0 Å². The van der Waals surface area contributed by atoms with Crippen molar-refractivity contribution >= 4 is 27.5 Å². The molecule has 0 aliphatic heterocycles. The molecule has 0 aliphatic carbocycles.